The maximum absolute atomic E-state index is 8.68. The molecule has 0 amide bonds. The van der Waals surface area contributed by atoms with Gasteiger partial charge in [-0.1, -0.05) is 0 Å². The molecule has 0 aliphatic carbocycles. The van der Waals surface area contributed by atoms with E-state index in [2.05, 4.69) is 10.1 Å². The summed E-state index contributed by atoms with van der Waals surface area (Å²) in [6.45, 7) is 6.00. The van der Waals surface area contributed by atoms with Gasteiger partial charge in [0.05, 0.1) is 5.54 Å². The third kappa shape index (κ3) is 1.77. The first kappa shape index (κ1) is 8.20. The number of aliphatic hydroxyl groups is 1. The zero-order chi connectivity index (χ0) is 8.48. The summed E-state index contributed by atoms with van der Waals surface area (Å²) in [6, 6.07) is 0. The van der Waals surface area contributed by atoms with Crippen LogP contribution in [-0.4, -0.2) is 19.9 Å². The van der Waals surface area contributed by atoms with Gasteiger partial charge in [-0.15, -0.1) is 0 Å². The summed E-state index contributed by atoms with van der Waals surface area (Å²) in [5.74, 6) is 0.472. The summed E-state index contributed by atoms with van der Waals surface area (Å²) in [4.78, 5) is 3.90. The molecule has 0 saturated carbocycles. The van der Waals surface area contributed by atoms with Crippen molar-refractivity contribution in [2.75, 3.05) is 0 Å². The number of rotatable bonds is 1. The zero-order valence-corrected chi connectivity index (χ0v) is 7.07. The molecule has 4 nitrogen and oxygen atoms in total. The van der Waals surface area contributed by atoms with Crippen molar-refractivity contribution in [3.8, 4) is 0 Å². The predicted molar refractivity (Wildman–Crippen MR) is 40.9 cm³/mol. The van der Waals surface area contributed by atoms with Crippen molar-refractivity contribution in [1.82, 2.24) is 14.8 Å². The van der Waals surface area contributed by atoms with Crippen LogP contribution in [0.4, 0.5) is 0 Å². The highest BCUT2D eigenvalue weighted by atomic mass is 16.3. The molecule has 1 N–H and O–H groups in total. The van der Waals surface area contributed by atoms with Crippen molar-refractivity contribution in [2.24, 2.45) is 0 Å². The van der Waals surface area contributed by atoms with Crippen molar-refractivity contribution < 1.29 is 5.11 Å². The molecule has 62 valence electrons. The first-order valence-electron chi connectivity index (χ1n) is 3.56. The van der Waals surface area contributed by atoms with Gasteiger partial charge in [-0.05, 0) is 20.8 Å². The second-order valence-corrected chi connectivity index (χ2v) is 3.43. The van der Waals surface area contributed by atoms with Crippen molar-refractivity contribution in [2.45, 2.75) is 32.9 Å². The standard InChI is InChI=1S/C7H13N3O/c1-7(2,3)10-5-8-6(4-11)9-10/h5,11H,4H2,1-3H3. The van der Waals surface area contributed by atoms with Crippen LogP contribution in [0.15, 0.2) is 6.33 Å². The molecule has 0 aliphatic rings. The number of aliphatic hydroxyl groups excluding tert-OH is 1. The predicted octanol–water partition coefficient (Wildman–Crippen LogP) is 0.525. The topological polar surface area (TPSA) is 50.9 Å². The van der Waals surface area contributed by atoms with E-state index in [1.165, 1.54) is 0 Å². The molecule has 0 aliphatic heterocycles. The van der Waals surface area contributed by atoms with Gasteiger partial charge in [0.1, 0.15) is 12.9 Å². The van der Waals surface area contributed by atoms with Gasteiger partial charge in [0, 0.05) is 0 Å². The van der Waals surface area contributed by atoms with Crippen LogP contribution < -0.4 is 0 Å². The Labute approximate surface area is 65.9 Å². The number of hydrogen-bond acceptors (Lipinski definition) is 3. The smallest absolute Gasteiger partial charge is 0.175 e. The van der Waals surface area contributed by atoms with Crippen molar-refractivity contribution >= 4 is 0 Å². The SMILES string of the molecule is CC(C)(C)n1cnc(CO)n1. The molecule has 4 heteroatoms. The largest absolute Gasteiger partial charge is 0.388 e. The van der Waals surface area contributed by atoms with E-state index < -0.39 is 0 Å². The minimum atomic E-state index is -0.0942. The Morgan fingerprint density at radius 1 is 1.55 bits per heavy atom. The number of hydrogen-bond donors (Lipinski definition) is 1. The first-order chi connectivity index (χ1) is 5.04. The second kappa shape index (κ2) is 2.62. The summed E-state index contributed by atoms with van der Waals surface area (Å²) in [6.07, 6.45) is 1.63. The number of nitrogens with zero attached hydrogens (tertiary/aromatic N) is 3. The fourth-order valence-electron chi connectivity index (χ4n) is 0.693. The normalized spacial score (nSPS) is 12.0. The molecular formula is C7H13N3O. The lowest BCUT2D eigenvalue weighted by Gasteiger charge is -2.17. The third-order valence-electron chi connectivity index (χ3n) is 1.37. The van der Waals surface area contributed by atoms with E-state index in [-0.39, 0.29) is 12.1 Å². The Morgan fingerprint density at radius 2 is 2.18 bits per heavy atom. The molecule has 1 heterocycles. The van der Waals surface area contributed by atoms with Crippen LogP contribution >= 0.6 is 0 Å². The number of aromatic nitrogens is 3. The van der Waals surface area contributed by atoms with Gasteiger partial charge in [0.25, 0.3) is 0 Å². The molecular weight excluding hydrogens is 142 g/mol. The average Bonchev–Trinajstić information content (AvgIpc) is 2.32. The molecule has 0 radical (unpaired) electrons. The van der Waals surface area contributed by atoms with E-state index in [4.69, 9.17) is 5.11 Å². The Balaban J connectivity index is 2.89. The van der Waals surface area contributed by atoms with Gasteiger partial charge in [-0.2, -0.15) is 5.10 Å². The molecule has 0 bridgehead atoms. The molecule has 11 heavy (non-hydrogen) atoms. The Kier molecular flexibility index (Phi) is 1.95. The highest BCUT2D eigenvalue weighted by Gasteiger charge is 2.14. The Morgan fingerprint density at radius 3 is 2.45 bits per heavy atom. The lowest BCUT2D eigenvalue weighted by atomic mass is 10.1. The molecule has 0 aromatic carbocycles. The summed E-state index contributed by atoms with van der Waals surface area (Å²) in [5.41, 5.74) is -0.0551. The Bertz CT molecular complexity index is 236. The maximum atomic E-state index is 8.68. The van der Waals surface area contributed by atoms with Crippen molar-refractivity contribution in [3.63, 3.8) is 0 Å². The van der Waals surface area contributed by atoms with Gasteiger partial charge in [-0.3, -0.25) is 0 Å². The molecule has 0 atom stereocenters. The Hall–Kier alpha value is -0.900. The van der Waals surface area contributed by atoms with Crippen LogP contribution in [-0.2, 0) is 12.1 Å². The monoisotopic (exact) mass is 155 g/mol. The average molecular weight is 155 g/mol. The fraction of sp³-hybridized carbons (Fsp3) is 0.714. The third-order valence-corrected chi connectivity index (χ3v) is 1.37. The highest BCUT2D eigenvalue weighted by molar-refractivity contribution is 4.82. The van der Waals surface area contributed by atoms with Gasteiger partial charge in [0.15, 0.2) is 5.82 Å². The van der Waals surface area contributed by atoms with Crippen LogP contribution in [0.1, 0.15) is 26.6 Å². The summed E-state index contributed by atoms with van der Waals surface area (Å²) in [7, 11) is 0. The fourth-order valence-corrected chi connectivity index (χ4v) is 0.693. The van der Waals surface area contributed by atoms with E-state index in [0.29, 0.717) is 5.82 Å². The molecule has 0 fully saturated rings. The molecule has 1 aromatic heterocycles. The van der Waals surface area contributed by atoms with Crippen molar-refractivity contribution in [1.29, 1.82) is 0 Å². The lowest BCUT2D eigenvalue weighted by Crippen LogP contribution is -2.22. The van der Waals surface area contributed by atoms with E-state index in [9.17, 15) is 0 Å². The zero-order valence-electron chi connectivity index (χ0n) is 7.07. The quantitative estimate of drug-likeness (QED) is 0.643. The van der Waals surface area contributed by atoms with Crippen molar-refractivity contribution in [3.05, 3.63) is 12.2 Å². The van der Waals surface area contributed by atoms with Gasteiger partial charge in [0.2, 0.25) is 0 Å². The summed E-state index contributed by atoms with van der Waals surface area (Å²) < 4.78 is 1.73. The van der Waals surface area contributed by atoms with Crippen LogP contribution in [0.5, 0.6) is 0 Å². The molecule has 0 spiro atoms. The van der Waals surface area contributed by atoms with Crippen LogP contribution in [0.25, 0.3) is 0 Å². The summed E-state index contributed by atoms with van der Waals surface area (Å²) >= 11 is 0. The molecule has 0 unspecified atom stereocenters. The van der Waals surface area contributed by atoms with Crippen LogP contribution in [0.3, 0.4) is 0 Å². The van der Waals surface area contributed by atoms with Crippen LogP contribution in [0, 0.1) is 0 Å². The van der Waals surface area contributed by atoms with E-state index in [1.54, 1.807) is 11.0 Å². The van der Waals surface area contributed by atoms with E-state index in [0.717, 1.165) is 0 Å². The maximum Gasteiger partial charge on any atom is 0.175 e. The van der Waals surface area contributed by atoms with E-state index in [1.807, 2.05) is 20.8 Å². The van der Waals surface area contributed by atoms with Gasteiger partial charge in [-0.25, -0.2) is 9.67 Å². The van der Waals surface area contributed by atoms with Gasteiger partial charge >= 0.3 is 0 Å². The first-order valence-corrected chi connectivity index (χ1v) is 3.56. The molecule has 1 aromatic rings. The highest BCUT2D eigenvalue weighted by Crippen LogP contribution is 2.10. The molecule has 0 saturated heterocycles. The summed E-state index contributed by atoms with van der Waals surface area (Å²) in [5, 5.41) is 12.7. The minimum Gasteiger partial charge on any atom is -0.388 e. The lowest BCUT2D eigenvalue weighted by molar-refractivity contribution is 0.266. The van der Waals surface area contributed by atoms with Gasteiger partial charge < -0.3 is 5.11 Å². The minimum absolute atomic E-state index is 0.0551. The van der Waals surface area contributed by atoms with E-state index >= 15 is 0 Å². The second-order valence-electron chi connectivity index (χ2n) is 3.43. The van der Waals surface area contributed by atoms with Crippen LogP contribution in [0.2, 0.25) is 0 Å². The molecule has 1 rings (SSSR count).